The van der Waals surface area contributed by atoms with E-state index < -0.39 is 24.1 Å². The molecule has 8 heteroatoms. The predicted molar refractivity (Wildman–Crippen MR) is 163 cm³/mol. The van der Waals surface area contributed by atoms with Crippen molar-refractivity contribution in [3.63, 3.8) is 0 Å². The molecule has 0 saturated carbocycles. The van der Waals surface area contributed by atoms with E-state index in [9.17, 15) is 19.5 Å². The molecule has 0 radical (unpaired) electrons. The van der Waals surface area contributed by atoms with Gasteiger partial charge in [-0.3, -0.25) is 14.5 Å². The van der Waals surface area contributed by atoms with Crippen LogP contribution in [0.4, 0.5) is 10.5 Å². The van der Waals surface area contributed by atoms with Gasteiger partial charge in [0, 0.05) is 13.1 Å². The largest absolute Gasteiger partial charge is 0.489 e. The summed E-state index contributed by atoms with van der Waals surface area (Å²) in [6.07, 6.45) is -0.275. The van der Waals surface area contributed by atoms with Crippen molar-refractivity contribution in [2.24, 2.45) is 0 Å². The van der Waals surface area contributed by atoms with Crippen LogP contribution in [0.25, 0.3) is 10.8 Å². The van der Waals surface area contributed by atoms with E-state index in [4.69, 9.17) is 4.74 Å². The van der Waals surface area contributed by atoms with Crippen LogP contribution in [0.5, 0.6) is 5.75 Å². The maximum Gasteiger partial charge on any atom is 0.407 e. The molecule has 1 aliphatic rings. The second-order valence-electron chi connectivity index (χ2n) is 10.7. The van der Waals surface area contributed by atoms with E-state index in [0.29, 0.717) is 31.7 Å². The molecular formula is C34H35N3O5. The first kappa shape index (κ1) is 28.7. The molecule has 1 aliphatic heterocycles. The number of carbonyl (C=O) groups excluding carboxylic acids is 2. The molecule has 4 aromatic rings. The predicted octanol–water partition coefficient (Wildman–Crippen LogP) is 5.69. The summed E-state index contributed by atoms with van der Waals surface area (Å²) in [5.74, 6) is -0.124. The molecule has 0 aliphatic carbocycles. The Bertz CT molecular complexity index is 1620. The lowest BCUT2D eigenvalue weighted by atomic mass is 9.98. The second kappa shape index (κ2) is 12.3. The van der Waals surface area contributed by atoms with Crippen molar-refractivity contribution in [3.05, 3.63) is 107 Å². The first-order valence-corrected chi connectivity index (χ1v) is 14.1. The van der Waals surface area contributed by atoms with Gasteiger partial charge in [-0.25, -0.2) is 4.79 Å². The van der Waals surface area contributed by atoms with E-state index in [1.165, 1.54) is 14.0 Å². The Morgan fingerprint density at radius 3 is 2.55 bits per heavy atom. The van der Waals surface area contributed by atoms with Crippen LogP contribution in [0.2, 0.25) is 0 Å². The molecule has 2 N–H and O–H groups in total. The average Bonchev–Trinajstić information content (AvgIpc) is 3.13. The Balaban J connectivity index is 1.50. The Labute approximate surface area is 245 Å². The molecule has 2 atom stereocenters. The molecule has 0 bridgehead atoms. The van der Waals surface area contributed by atoms with E-state index in [1.54, 1.807) is 4.90 Å². The van der Waals surface area contributed by atoms with Crippen molar-refractivity contribution in [2.45, 2.75) is 51.9 Å². The Hall–Kier alpha value is -4.85. The highest BCUT2D eigenvalue weighted by Crippen LogP contribution is 2.34. The fourth-order valence-corrected chi connectivity index (χ4v) is 5.31. The number of ether oxygens (including phenoxy) is 1. The molecule has 8 nitrogen and oxygen atoms in total. The minimum Gasteiger partial charge on any atom is -0.489 e. The molecule has 3 amide bonds. The lowest BCUT2D eigenvalue weighted by Gasteiger charge is -2.29. The maximum atomic E-state index is 14.3. The van der Waals surface area contributed by atoms with Gasteiger partial charge in [-0.15, -0.1) is 0 Å². The van der Waals surface area contributed by atoms with Crippen LogP contribution in [-0.2, 0) is 29.2 Å². The molecule has 0 unspecified atom stereocenters. The number of likely N-dealkylation sites (N-methyl/N-ethyl adjacent to an activating group) is 1. The van der Waals surface area contributed by atoms with Gasteiger partial charge in [0.2, 0.25) is 11.8 Å². The van der Waals surface area contributed by atoms with Gasteiger partial charge in [0.05, 0.1) is 12.2 Å². The minimum atomic E-state index is -1.21. The third kappa shape index (κ3) is 6.07. The highest BCUT2D eigenvalue weighted by Gasteiger charge is 2.34. The maximum absolute atomic E-state index is 14.3. The van der Waals surface area contributed by atoms with Crippen LogP contribution in [0.1, 0.15) is 35.6 Å². The fraction of sp³-hybridized carbons (Fsp3) is 0.265. The normalized spacial score (nSPS) is 15.5. The summed E-state index contributed by atoms with van der Waals surface area (Å²) in [5.41, 5.74) is 4.83. The minimum absolute atomic E-state index is 0.250. The zero-order valence-electron chi connectivity index (χ0n) is 24.0. The molecule has 0 fully saturated rings. The molecular weight excluding hydrogens is 530 g/mol. The van der Waals surface area contributed by atoms with Crippen molar-refractivity contribution < 1.29 is 24.2 Å². The van der Waals surface area contributed by atoms with Gasteiger partial charge in [-0.05, 0) is 65.8 Å². The zero-order valence-corrected chi connectivity index (χ0v) is 24.0. The zero-order chi connectivity index (χ0) is 29.8. The molecule has 0 saturated heterocycles. The van der Waals surface area contributed by atoms with Crippen LogP contribution in [0.15, 0.2) is 84.9 Å². The third-order valence-corrected chi connectivity index (χ3v) is 8.03. The number of rotatable bonds is 8. The number of nitrogens with one attached hydrogen (secondary N) is 1. The van der Waals surface area contributed by atoms with Crippen LogP contribution >= 0.6 is 0 Å². The molecule has 5 rings (SSSR count). The number of aryl methyl sites for hydroxylation is 2. The molecule has 0 spiro atoms. The average molecular weight is 566 g/mol. The molecule has 1 heterocycles. The molecule has 0 aromatic heterocycles. The number of fused-ring (bicyclic) bond motifs is 2. The van der Waals surface area contributed by atoms with Gasteiger partial charge in [-0.1, -0.05) is 72.8 Å². The van der Waals surface area contributed by atoms with E-state index in [-0.39, 0.29) is 5.91 Å². The quantitative estimate of drug-likeness (QED) is 0.286. The highest BCUT2D eigenvalue weighted by atomic mass is 16.5. The standard InChI is InChI=1S/C34H35N3O5/c1-22-13-14-25-11-7-8-12-28(25)29(22)20-37-31-19-27(42-21-24-9-5-4-6-10-24)17-15-26(31)16-18-30(33(37)39)35-32(38)23(2)36(3)34(40)41/h4-15,17,19,23,30H,16,18,20-21H2,1-3H3,(H,35,38)(H,40,41)/t23-,30-/m0/s1. The van der Waals surface area contributed by atoms with Crippen molar-refractivity contribution in [3.8, 4) is 5.75 Å². The third-order valence-electron chi connectivity index (χ3n) is 8.03. The number of carboxylic acid groups (broad SMARTS) is 1. The monoisotopic (exact) mass is 565 g/mol. The molecule has 42 heavy (non-hydrogen) atoms. The van der Waals surface area contributed by atoms with Crippen LogP contribution in [-0.4, -0.2) is 47.0 Å². The summed E-state index contributed by atoms with van der Waals surface area (Å²) >= 11 is 0. The van der Waals surface area contributed by atoms with Crippen LogP contribution < -0.4 is 15.0 Å². The lowest BCUT2D eigenvalue weighted by molar-refractivity contribution is -0.130. The number of anilines is 1. The lowest BCUT2D eigenvalue weighted by Crippen LogP contribution is -2.53. The van der Waals surface area contributed by atoms with Gasteiger partial charge in [0.25, 0.3) is 0 Å². The van der Waals surface area contributed by atoms with Crippen molar-refractivity contribution in [2.75, 3.05) is 11.9 Å². The number of benzene rings is 4. The molecule has 4 aromatic carbocycles. The first-order chi connectivity index (χ1) is 20.2. The second-order valence-corrected chi connectivity index (χ2v) is 10.7. The van der Waals surface area contributed by atoms with Crippen LogP contribution in [0, 0.1) is 6.92 Å². The van der Waals surface area contributed by atoms with Crippen molar-refractivity contribution in [1.29, 1.82) is 0 Å². The Morgan fingerprint density at radius 1 is 1.05 bits per heavy atom. The van der Waals surface area contributed by atoms with Gasteiger partial charge in [-0.2, -0.15) is 0 Å². The summed E-state index contributed by atoms with van der Waals surface area (Å²) in [4.78, 5) is 41.4. The van der Waals surface area contributed by atoms with Gasteiger partial charge < -0.3 is 20.1 Å². The Morgan fingerprint density at radius 2 is 1.79 bits per heavy atom. The number of hydrogen-bond acceptors (Lipinski definition) is 4. The Kier molecular flexibility index (Phi) is 8.43. The van der Waals surface area contributed by atoms with Crippen molar-refractivity contribution >= 4 is 34.4 Å². The van der Waals surface area contributed by atoms with Gasteiger partial charge >= 0.3 is 6.09 Å². The summed E-state index contributed by atoms with van der Waals surface area (Å²) in [5, 5.41) is 14.3. The number of carbonyl (C=O) groups is 3. The van der Waals surface area contributed by atoms with E-state index >= 15 is 0 Å². The molecule has 216 valence electrons. The van der Waals surface area contributed by atoms with Crippen LogP contribution in [0.3, 0.4) is 0 Å². The van der Waals surface area contributed by atoms with Gasteiger partial charge in [0.15, 0.2) is 0 Å². The van der Waals surface area contributed by atoms with E-state index in [0.717, 1.165) is 43.6 Å². The summed E-state index contributed by atoms with van der Waals surface area (Å²) in [6.45, 7) is 4.24. The SMILES string of the molecule is Cc1ccc2ccccc2c1CN1C(=O)[C@@H](NC(=O)[C@H](C)N(C)C(=O)O)CCc2ccc(OCc3ccccc3)cc21. The summed E-state index contributed by atoms with van der Waals surface area (Å²) in [6, 6.07) is 26.1. The smallest absolute Gasteiger partial charge is 0.407 e. The number of amides is 3. The number of nitrogens with zero attached hydrogens (tertiary/aromatic N) is 2. The van der Waals surface area contributed by atoms with Crippen molar-refractivity contribution in [1.82, 2.24) is 10.2 Å². The summed E-state index contributed by atoms with van der Waals surface area (Å²) in [7, 11) is 1.34. The fourth-order valence-electron chi connectivity index (χ4n) is 5.31. The highest BCUT2D eigenvalue weighted by molar-refractivity contribution is 6.02. The topological polar surface area (TPSA) is 99.2 Å². The summed E-state index contributed by atoms with van der Waals surface area (Å²) < 4.78 is 6.13. The van der Waals surface area contributed by atoms with E-state index in [1.807, 2.05) is 67.6 Å². The van der Waals surface area contributed by atoms with Gasteiger partial charge in [0.1, 0.15) is 24.4 Å². The van der Waals surface area contributed by atoms with E-state index in [2.05, 4.69) is 29.6 Å². The number of hydrogen-bond donors (Lipinski definition) is 2. The first-order valence-electron chi connectivity index (χ1n) is 14.1.